The maximum Gasteiger partial charge on any atom is 0.407 e. The van der Waals surface area contributed by atoms with Gasteiger partial charge in [-0.1, -0.05) is 43.7 Å². The number of carbonyl (C=O) groups is 2. The van der Waals surface area contributed by atoms with Gasteiger partial charge in [0.2, 0.25) is 0 Å². The summed E-state index contributed by atoms with van der Waals surface area (Å²) in [6.45, 7) is 2.70. The minimum atomic E-state index is -0.812. The van der Waals surface area contributed by atoms with Crippen LogP contribution < -0.4 is 5.32 Å². The first-order chi connectivity index (χ1) is 10.5. The van der Waals surface area contributed by atoms with Crippen molar-refractivity contribution in [2.45, 2.75) is 39.2 Å². The Morgan fingerprint density at radius 2 is 2.09 bits per heavy atom. The standard InChI is InChI=1S/C17H23NO4/c1-13-7-8-17(9-13,10-15(19)20)12-18-16(21)22-11-14-5-3-2-4-6-14/h2-6,13H,7-12H2,1H3,(H,18,21)(H,19,20). The molecular weight excluding hydrogens is 282 g/mol. The van der Waals surface area contributed by atoms with Gasteiger partial charge in [-0.2, -0.15) is 0 Å². The van der Waals surface area contributed by atoms with E-state index in [1.807, 2.05) is 30.3 Å². The smallest absolute Gasteiger partial charge is 0.407 e. The van der Waals surface area contributed by atoms with Crippen molar-refractivity contribution in [2.24, 2.45) is 11.3 Å². The van der Waals surface area contributed by atoms with E-state index in [1.54, 1.807) is 0 Å². The monoisotopic (exact) mass is 305 g/mol. The number of nitrogens with one attached hydrogen (secondary N) is 1. The number of benzene rings is 1. The Balaban J connectivity index is 1.81. The Hall–Kier alpha value is -2.04. The van der Waals surface area contributed by atoms with Gasteiger partial charge in [0.15, 0.2) is 0 Å². The zero-order valence-corrected chi connectivity index (χ0v) is 12.9. The third-order valence-corrected chi connectivity index (χ3v) is 4.30. The average molecular weight is 305 g/mol. The summed E-state index contributed by atoms with van der Waals surface area (Å²) in [5.74, 6) is -0.310. The fraction of sp³-hybridized carbons (Fsp3) is 0.529. The van der Waals surface area contributed by atoms with E-state index in [-0.39, 0.29) is 18.4 Å². The van der Waals surface area contributed by atoms with Crippen molar-refractivity contribution in [3.05, 3.63) is 35.9 Å². The minimum Gasteiger partial charge on any atom is -0.481 e. The second-order valence-electron chi connectivity index (χ2n) is 6.33. The molecule has 0 heterocycles. The molecule has 2 N–H and O–H groups in total. The van der Waals surface area contributed by atoms with Crippen LogP contribution in [0.5, 0.6) is 0 Å². The van der Waals surface area contributed by atoms with Crippen LogP contribution in [0.1, 0.15) is 38.2 Å². The van der Waals surface area contributed by atoms with Crippen LogP contribution in [0.25, 0.3) is 0 Å². The third-order valence-electron chi connectivity index (χ3n) is 4.30. The molecule has 5 heteroatoms. The Morgan fingerprint density at radius 1 is 1.36 bits per heavy atom. The Kier molecular flexibility index (Phi) is 5.41. The summed E-state index contributed by atoms with van der Waals surface area (Å²) in [5.41, 5.74) is 0.587. The summed E-state index contributed by atoms with van der Waals surface area (Å²) >= 11 is 0. The first-order valence-corrected chi connectivity index (χ1v) is 7.65. The van der Waals surface area contributed by atoms with Crippen molar-refractivity contribution in [2.75, 3.05) is 6.54 Å². The number of rotatable bonds is 6. The van der Waals surface area contributed by atoms with Crippen molar-refractivity contribution in [1.29, 1.82) is 0 Å². The predicted octanol–water partition coefficient (Wildman–Crippen LogP) is 3.19. The van der Waals surface area contributed by atoms with Gasteiger partial charge in [-0.3, -0.25) is 4.79 Å². The molecule has 1 fully saturated rings. The van der Waals surface area contributed by atoms with Gasteiger partial charge in [0.1, 0.15) is 6.61 Å². The van der Waals surface area contributed by atoms with Crippen LogP contribution in [0, 0.1) is 11.3 Å². The van der Waals surface area contributed by atoms with E-state index >= 15 is 0 Å². The van der Waals surface area contributed by atoms with Crippen molar-refractivity contribution >= 4 is 12.1 Å². The van der Waals surface area contributed by atoms with E-state index in [9.17, 15) is 9.59 Å². The number of carboxylic acids is 1. The molecule has 1 aromatic carbocycles. The number of carbonyl (C=O) groups excluding carboxylic acids is 1. The second-order valence-corrected chi connectivity index (χ2v) is 6.33. The van der Waals surface area contributed by atoms with E-state index < -0.39 is 12.1 Å². The van der Waals surface area contributed by atoms with Gasteiger partial charge in [0.05, 0.1) is 6.42 Å². The third kappa shape index (κ3) is 4.76. The molecule has 1 aliphatic rings. The van der Waals surface area contributed by atoms with Crippen LogP contribution in [0.2, 0.25) is 0 Å². The van der Waals surface area contributed by atoms with Crippen LogP contribution in [0.15, 0.2) is 30.3 Å². The van der Waals surface area contributed by atoms with Crippen LogP contribution in [0.4, 0.5) is 4.79 Å². The highest BCUT2D eigenvalue weighted by Gasteiger charge is 2.39. The largest absolute Gasteiger partial charge is 0.481 e. The van der Waals surface area contributed by atoms with E-state index in [2.05, 4.69) is 12.2 Å². The van der Waals surface area contributed by atoms with Crippen molar-refractivity contribution in [1.82, 2.24) is 5.32 Å². The molecule has 1 aliphatic carbocycles. The molecule has 0 saturated heterocycles. The fourth-order valence-electron chi connectivity index (χ4n) is 3.23. The Labute approximate surface area is 130 Å². The molecule has 22 heavy (non-hydrogen) atoms. The Morgan fingerprint density at radius 3 is 2.68 bits per heavy atom. The molecule has 2 atom stereocenters. The molecule has 0 aliphatic heterocycles. The van der Waals surface area contributed by atoms with E-state index in [0.29, 0.717) is 12.5 Å². The zero-order valence-electron chi connectivity index (χ0n) is 12.9. The summed E-state index contributed by atoms with van der Waals surface area (Å²) in [6, 6.07) is 9.45. The molecule has 1 aromatic rings. The van der Waals surface area contributed by atoms with Crippen LogP contribution in [0.3, 0.4) is 0 Å². The highest BCUT2D eigenvalue weighted by Crippen LogP contribution is 2.43. The molecule has 1 amide bonds. The second kappa shape index (κ2) is 7.29. The van der Waals surface area contributed by atoms with Gasteiger partial charge < -0.3 is 15.2 Å². The summed E-state index contributed by atoms with van der Waals surface area (Å²) < 4.78 is 5.17. The first-order valence-electron chi connectivity index (χ1n) is 7.65. The normalized spacial score (nSPS) is 24.0. The van der Waals surface area contributed by atoms with Gasteiger partial charge in [-0.05, 0) is 29.7 Å². The number of alkyl carbamates (subject to hydrolysis) is 1. The van der Waals surface area contributed by atoms with Crippen LogP contribution >= 0.6 is 0 Å². The summed E-state index contributed by atoms with van der Waals surface area (Å²) in [4.78, 5) is 22.9. The number of carboxylic acid groups (broad SMARTS) is 1. The van der Waals surface area contributed by atoms with E-state index in [1.165, 1.54) is 0 Å². The minimum absolute atomic E-state index is 0.0936. The van der Waals surface area contributed by atoms with Crippen molar-refractivity contribution in [3.8, 4) is 0 Å². The van der Waals surface area contributed by atoms with Gasteiger partial charge >= 0.3 is 12.1 Å². The lowest BCUT2D eigenvalue weighted by atomic mass is 9.82. The Bertz CT molecular complexity index is 517. The van der Waals surface area contributed by atoms with Gasteiger partial charge in [-0.25, -0.2) is 4.79 Å². The molecule has 0 spiro atoms. The SMILES string of the molecule is CC1CCC(CNC(=O)OCc2ccccc2)(CC(=O)O)C1. The van der Waals surface area contributed by atoms with E-state index in [4.69, 9.17) is 9.84 Å². The number of amides is 1. The molecule has 0 radical (unpaired) electrons. The maximum absolute atomic E-state index is 11.8. The van der Waals surface area contributed by atoms with Crippen LogP contribution in [-0.2, 0) is 16.1 Å². The molecule has 2 unspecified atom stereocenters. The van der Waals surface area contributed by atoms with Crippen molar-refractivity contribution in [3.63, 3.8) is 0 Å². The van der Waals surface area contributed by atoms with E-state index in [0.717, 1.165) is 24.8 Å². The molecule has 1 saturated carbocycles. The number of hydrogen-bond acceptors (Lipinski definition) is 3. The quantitative estimate of drug-likeness (QED) is 0.846. The number of ether oxygens (including phenoxy) is 1. The summed E-state index contributed by atoms with van der Waals surface area (Å²) in [5, 5.41) is 11.8. The number of hydrogen-bond donors (Lipinski definition) is 2. The molecule has 0 bridgehead atoms. The lowest BCUT2D eigenvalue weighted by Crippen LogP contribution is -2.37. The number of aliphatic carboxylic acids is 1. The first kappa shape index (κ1) is 16.3. The summed E-state index contributed by atoms with van der Waals surface area (Å²) in [7, 11) is 0. The topological polar surface area (TPSA) is 75.6 Å². The fourth-order valence-corrected chi connectivity index (χ4v) is 3.23. The highest BCUT2D eigenvalue weighted by atomic mass is 16.5. The lowest BCUT2D eigenvalue weighted by Gasteiger charge is -2.27. The predicted molar refractivity (Wildman–Crippen MR) is 82.3 cm³/mol. The van der Waals surface area contributed by atoms with Crippen LogP contribution in [-0.4, -0.2) is 23.7 Å². The molecule has 0 aromatic heterocycles. The maximum atomic E-state index is 11.8. The van der Waals surface area contributed by atoms with Crippen molar-refractivity contribution < 1.29 is 19.4 Å². The molecular formula is C17H23NO4. The van der Waals surface area contributed by atoms with Gasteiger partial charge in [0.25, 0.3) is 0 Å². The molecule has 2 rings (SSSR count). The zero-order chi connectivity index (χ0) is 16.0. The average Bonchev–Trinajstić information content (AvgIpc) is 2.85. The lowest BCUT2D eigenvalue weighted by molar-refractivity contribution is -0.139. The molecule has 120 valence electrons. The summed E-state index contributed by atoms with van der Waals surface area (Å²) in [6.07, 6.45) is 2.27. The van der Waals surface area contributed by atoms with Gasteiger partial charge in [-0.15, -0.1) is 0 Å². The highest BCUT2D eigenvalue weighted by molar-refractivity contribution is 5.69. The van der Waals surface area contributed by atoms with Gasteiger partial charge in [0, 0.05) is 6.54 Å². The molecule has 5 nitrogen and oxygen atoms in total.